The van der Waals surface area contributed by atoms with E-state index >= 15 is 0 Å². The van der Waals surface area contributed by atoms with E-state index in [1.165, 1.54) is 0 Å². The first-order valence-electron chi connectivity index (χ1n) is 5.31. The molecule has 0 aromatic heterocycles. The monoisotopic (exact) mass is 187 g/mol. The van der Waals surface area contributed by atoms with Crippen LogP contribution in [0.5, 0.6) is 0 Å². The average Bonchev–Trinajstić information content (AvgIpc) is 2.01. The first kappa shape index (κ1) is 12.9. The van der Waals surface area contributed by atoms with Gasteiger partial charge in [0.05, 0.1) is 0 Å². The van der Waals surface area contributed by atoms with Crippen LogP contribution in [0.2, 0.25) is 0 Å². The molecular formula is C11H25NO. The van der Waals surface area contributed by atoms with Crippen LogP contribution in [-0.2, 0) is 0 Å². The van der Waals surface area contributed by atoms with Gasteiger partial charge in [0.15, 0.2) is 0 Å². The number of aliphatic hydroxyl groups excluding tert-OH is 1. The second kappa shape index (κ2) is 5.61. The van der Waals surface area contributed by atoms with Crippen LogP contribution in [0.3, 0.4) is 0 Å². The van der Waals surface area contributed by atoms with E-state index in [1.54, 1.807) is 0 Å². The summed E-state index contributed by atoms with van der Waals surface area (Å²) in [5, 5.41) is 9.72. The van der Waals surface area contributed by atoms with Crippen LogP contribution in [0.25, 0.3) is 0 Å². The van der Waals surface area contributed by atoms with Gasteiger partial charge in [0.2, 0.25) is 0 Å². The molecule has 0 aliphatic carbocycles. The van der Waals surface area contributed by atoms with Gasteiger partial charge in [0.1, 0.15) is 6.23 Å². The zero-order valence-corrected chi connectivity index (χ0v) is 9.91. The van der Waals surface area contributed by atoms with Crippen LogP contribution in [0.4, 0.5) is 0 Å². The lowest BCUT2D eigenvalue weighted by Crippen LogP contribution is -2.45. The second-order valence-electron chi connectivity index (χ2n) is 4.53. The molecule has 0 saturated carbocycles. The molecule has 1 N–H and O–H groups in total. The van der Waals surface area contributed by atoms with E-state index in [0.717, 1.165) is 6.42 Å². The lowest BCUT2D eigenvalue weighted by molar-refractivity contribution is -0.0340. The minimum atomic E-state index is -0.296. The minimum absolute atomic E-state index is 0.296. The molecule has 0 aliphatic rings. The summed E-state index contributed by atoms with van der Waals surface area (Å²) in [5.41, 5.74) is 0. The summed E-state index contributed by atoms with van der Waals surface area (Å²) in [7, 11) is 2.01. The Morgan fingerprint density at radius 2 is 1.46 bits per heavy atom. The lowest BCUT2D eigenvalue weighted by Gasteiger charge is -2.37. The lowest BCUT2D eigenvalue weighted by atomic mass is 9.91. The van der Waals surface area contributed by atoms with Gasteiger partial charge in [-0.3, -0.25) is 4.90 Å². The highest BCUT2D eigenvalue weighted by Gasteiger charge is 2.25. The summed E-state index contributed by atoms with van der Waals surface area (Å²) in [6, 6.07) is 0.468. The van der Waals surface area contributed by atoms with Gasteiger partial charge >= 0.3 is 0 Å². The van der Waals surface area contributed by atoms with Crippen molar-refractivity contribution in [1.82, 2.24) is 4.90 Å². The molecular weight excluding hydrogens is 162 g/mol. The number of rotatable bonds is 5. The minimum Gasteiger partial charge on any atom is -0.378 e. The van der Waals surface area contributed by atoms with Gasteiger partial charge in [-0.25, -0.2) is 0 Å². The highest BCUT2D eigenvalue weighted by Crippen LogP contribution is 2.20. The number of nitrogens with zero attached hydrogens (tertiary/aromatic N) is 1. The molecule has 0 fully saturated rings. The molecule has 0 amide bonds. The Morgan fingerprint density at radius 1 is 1.08 bits per heavy atom. The summed E-state index contributed by atoms with van der Waals surface area (Å²) in [6.07, 6.45) is 0.502. The summed E-state index contributed by atoms with van der Waals surface area (Å²) < 4.78 is 0. The third-order valence-electron chi connectivity index (χ3n) is 2.67. The first-order chi connectivity index (χ1) is 5.91. The Hall–Kier alpha value is -0.0800. The van der Waals surface area contributed by atoms with E-state index in [4.69, 9.17) is 0 Å². The van der Waals surface area contributed by atoms with E-state index in [9.17, 15) is 5.11 Å². The van der Waals surface area contributed by atoms with Crippen LogP contribution in [0.1, 0.15) is 41.0 Å². The molecule has 0 aromatic rings. The maximum Gasteiger partial charge on any atom is 0.107 e. The Kier molecular flexibility index (Phi) is 5.57. The van der Waals surface area contributed by atoms with Crippen molar-refractivity contribution in [1.29, 1.82) is 0 Å². The highest BCUT2D eigenvalue weighted by molar-refractivity contribution is 4.76. The summed E-state index contributed by atoms with van der Waals surface area (Å²) in [5.74, 6) is 1.18. The zero-order chi connectivity index (χ0) is 10.6. The van der Waals surface area contributed by atoms with Gasteiger partial charge < -0.3 is 5.11 Å². The molecule has 13 heavy (non-hydrogen) atoms. The van der Waals surface area contributed by atoms with Crippen molar-refractivity contribution in [2.75, 3.05) is 7.05 Å². The Bertz CT molecular complexity index is 126. The summed E-state index contributed by atoms with van der Waals surface area (Å²) >= 11 is 0. The zero-order valence-electron chi connectivity index (χ0n) is 9.91. The Labute approximate surface area is 82.9 Å². The smallest absolute Gasteiger partial charge is 0.107 e. The predicted octanol–water partition coefficient (Wildman–Crippen LogP) is 2.33. The molecule has 0 heterocycles. The molecule has 80 valence electrons. The fourth-order valence-electron chi connectivity index (χ4n) is 2.20. The number of aliphatic hydroxyl groups is 1. The molecule has 1 unspecified atom stereocenters. The molecule has 0 aromatic carbocycles. The normalized spacial score (nSPS) is 15.0. The summed E-state index contributed by atoms with van der Waals surface area (Å²) in [4.78, 5) is 2.09. The van der Waals surface area contributed by atoms with Crippen LogP contribution in [-0.4, -0.2) is 29.3 Å². The average molecular weight is 187 g/mol. The topological polar surface area (TPSA) is 23.5 Å². The van der Waals surface area contributed by atoms with E-state index in [-0.39, 0.29) is 6.23 Å². The van der Waals surface area contributed by atoms with Gasteiger partial charge in [-0.1, -0.05) is 34.6 Å². The van der Waals surface area contributed by atoms with Crippen LogP contribution < -0.4 is 0 Å². The fourth-order valence-corrected chi connectivity index (χ4v) is 2.20. The van der Waals surface area contributed by atoms with Crippen molar-refractivity contribution in [3.8, 4) is 0 Å². The van der Waals surface area contributed by atoms with Crippen molar-refractivity contribution < 1.29 is 5.11 Å². The quantitative estimate of drug-likeness (QED) is 0.668. The SMILES string of the molecule is CCC(O)N(C)C(C(C)C)C(C)C. The number of hydrogen-bond donors (Lipinski definition) is 1. The second-order valence-corrected chi connectivity index (χ2v) is 4.53. The molecule has 0 radical (unpaired) electrons. The van der Waals surface area contributed by atoms with Gasteiger partial charge in [0, 0.05) is 6.04 Å². The molecule has 0 saturated heterocycles. The maximum atomic E-state index is 9.72. The van der Waals surface area contributed by atoms with Crippen LogP contribution in [0.15, 0.2) is 0 Å². The van der Waals surface area contributed by atoms with E-state index in [1.807, 2.05) is 14.0 Å². The van der Waals surface area contributed by atoms with Gasteiger partial charge in [-0.2, -0.15) is 0 Å². The maximum absolute atomic E-state index is 9.72. The van der Waals surface area contributed by atoms with Gasteiger partial charge in [0.25, 0.3) is 0 Å². The van der Waals surface area contributed by atoms with Crippen LogP contribution in [0, 0.1) is 11.8 Å². The largest absolute Gasteiger partial charge is 0.378 e. The van der Waals surface area contributed by atoms with Gasteiger partial charge in [-0.15, -0.1) is 0 Å². The third-order valence-corrected chi connectivity index (χ3v) is 2.67. The van der Waals surface area contributed by atoms with Crippen molar-refractivity contribution >= 4 is 0 Å². The molecule has 0 aliphatic heterocycles. The molecule has 1 atom stereocenters. The van der Waals surface area contributed by atoms with Crippen molar-refractivity contribution in [3.63, 3.8) is 0 Å². The standard InChI is InChI=1S/C11H25NO/c1-7-10(13)12(6)11(8(2)3)9(4)5/h8-11,13H,7H2,1-6H3. The molecule has 2 heteroatoms. The fraction of sp³-hybridized carbons (Fsp3) is 1.00. The third kappa shape index (κ3) is 3.65. The van der Waals surface area contributed by atoms with Crippen molar-refractivity contribution in [2.24, 2.45) is 11.8 Å². The predicted molar refractivity (Wildman–Crippen MR) is 57.5 cm³/mol. The number of hydrogen-bond acceptors (Lipinski definition) is 2. The van der Waals surface area contributed by atoms with E-state index in [0.29, 0.717) is 17.9 Å². The van der Waals surface area contributed by atoms with Crippen molar-refractivity contribution in [3.05, 3.63) is 0 Å². The Balaban J connectivity index is 4.36. The Morgan fingerprint density at radius 3 is 1.69 bits per heavy atom. The molecule has 2 nitrogen and oxygen atoms in total. The highest BCUT2D eigenvalue weighted by atomic mass is 16.3. The van der Waals surface area contributed by atoms with E-state index < -0.39 is 0 Å². The molecule has 0 rings (SSSR count). The molecule has 0 spiro atoms. The molecule has 0 bridgehead atoms. The first-order valence-corrected chi connectivity index (χ1v) is 5.31. The van der Waals surface area contributed by atoms with Crippen LogP contribution >= 0.6 is 0 Å². The van der Waals surface area contributed by atoms with Crippen molar-refractivity contribution in [2.45, 2.75) is 53.3 Å². The summed E-state index contributed by atoms with van der Waals surface area (Å²) in [6.45, 7) is 10.9. The van der Waals surface area contributed by atoms with Gasteiger partial charge in [-0.05, 0) is 25.3 Å². The van der Waals surface area contributed by atoms with E-state index in [2.05, 4.69) is 32.6 Å².